The molecule has 1 saturated heterocycles. The summed E-state index contributed by atoms with van der Waals surface area (Å²) >= 11 is 0. The number of anilines is 1. The normalized spacial score (nSPS) is 13.5. The van der Waals surface area contributed by atoms with E-state index in [1.165, 1.54) is 6.42 Å². The smallest absolute Gasteiger partial charge is 0.255 e. The highest BCUT2D eigenvalue weighted by Crippen LogP contribution is 2.35. The molecule has 2 aromatic carbocycles. The standard InChI is InChI=1S/C25H28N4O2/c1-17-6-4-7-20(14-17)25(30)28-21-8-9-23(31-13-12-29-10-5-11-29)22(15-21)24-18(2)26-16-27-19(24)3/h4,6-9,14-16H,5,10-13H2,1-3H3,(H,28,30). The Morgan fingerprint density at radius 2 is 1.84 bits per heavy atom. The molecule has 4 rings (SSSR count). The van der Waals surface area contributed by atoms with Crippen LogP contribution in [0.2, 0.25) is 0 Å². The molecule has 0 atom stereocenters. The first-order valence-corrected chi connectivity index (χ1v) is 10.7. The van der Waals surface area contributed by atoms with Crippen LogP contribution in [0.25, 0.3) is 11.1 Å². The average molecular weight is 417 g/mol. The lowest BCUT2D eigenvalue weighted by Crippen LogP contribution is -2.39. The molecule has 6 nitrogen and oxygen atoms in total. The minimum absolute atomic E-state index is 0.140. The van der Waals surface area contributed by atoms with Crippen LogP contribution in [0.3, 0.4) is 0 Å². The number of carbonyl (C=O) groups excluding carboxylic acids is 1. The van der Waals surface area contributed by atoms with Gasteiger partial charge in [-0.05, 0) is 70.6 Å². The number of likely N-dealkylation sites (tertiary alicyclic amines) is 1. The summed E-state index contributed by atoms with van der Waals surface area (Å²) in [7, 11) is 0. The van der Waals surface area contributed by atoms with Gasteiger partial charge >= 0.3 is 0 Å². The van der Waals surface area contributed by atoms with Crippen molar-refractivity contribution in [1.82, 2.24) is 14.9 Å². The fourth-order valence-corrected chi connectivity index (χ4v) is 3.79. The Morgan fingerprint density at radius 3 is 2.52 bits per heavy atom. The molecule has 0 spiro atoms. The molecule has 1 aliphatic rings. The first kappa shape index (κ1) is 21.0. The van der Waals surface area contributed by atoms with E-state index in [1.54, 1.807) is 6.33 Å². The molecule has 31 heavy (non-hydrogen) atoms. The van der Waals surface area contributed by atoms with E-state index in [4.69, 9.17) is 4.74 Å². The van der Waals surface area contributed by atoms with Crippen LogP contribution in [0.1, 0.15) is 33.7 Å². The largest absolute Gasteiger partial charge is 0.492 e. The predicted octanol–water partition coefficient (Wildman–Crippen LogP) is 4.41. The van der Waals surface area contributed by atoms with Crippen LogP contribution >= 0.6 is 0 Å². The van der Waals surface area contributed by atoms with Crippen molar-refractivity contribution in [2.45, 2.75) is 27.2 Å². The third-order valence-electron chi connectivity index (χ3n) is 5.63. The van der Waals surface area contributed by atoms with E-state index in [-0.39, 0.29) is 5.91 Å². The zero-order valence-corrected chi connectivity index (χ0v) is 18.3. The zero-order valence-electron chi connectivity index (χ0n) is 18.3. The summed E-state index contributed by atoms with van der Waals surface area (Å²) in [5.74, 6) is 0.633. The number of carbonyl (C=O) groups is 1. The van der Waals surface area contributed by atoms with Gasteiger partial charge < -0.3 is 10.1 Å². The molecule has 1 fully saturated rings. The fraction of sp³-hybridized carbons (Fsp3) is 0.320. The van der Waals surface area contributed by atoms with Crippen molar-refractivity contribution in [3.05, 3.63) is 71.3 Å². The first-order chi connectivity index (χ1) is 15.0. The molecule has 1 amide bonds. The van der Waals surface area contributed by atoms with Gasteiger partial charge in [-0.2, -0.15) is 0 Å². The third kappa shape index (κ3) is 4.91. The maximum Gasteiger partial charge on any atom is 0.255 e. The van der Waals surface area contributed by atoms with E-state index >= 15 is 0 Å². The van der Waals surface area contributed by atoms with Crippen molar-refractivity contribution in [3.8, 4) is 16.9 Å². The quantitative estimate of drug-likeness (QED) is 0.618. The van der Waals surface area contributed by atoms with Gasteiger partial charge in [-0.25, -0.2) is 9.97 Å². The van der Waals surface area contributed by atoms with Crippen LogP contribution in [0.15, 0.2) is 48.8 Å². The summed E-state index contributed by atoms with van der Waals surface area (Å²) in [6.07, 6.45) is 2.84. The second kappa shape index (κ2) is 9.27. The summed E-state index contributed by atoms with van der Waals surface area (Å²) in [6.45, 7) is 9.72. The lowest BCUT2D eigenvalue weighted by molar-refractivity contribution is 0.102. The maximum absolute atomic E-state index is 12.7. The van der Waals surface area contributed by atoms with E-state index in [0.717, 1.165) is 53.5 Å². The Bertz CT molecular complexity index is 1070. The zero-order chi connectivity index (χ0) is 21.8. The van der Waals surface area contributed by atoms with Crippen molar-refractivity contribution in [3.63, 3.8) is 0 Å². The predicted molar refractivity (Wildman–Crippen MR) is 123 cm³/mol. The molecule has 1 aliphatic heterocycles. The van der Waals surface area contributed by atoms with Crippen molar-refractivity contribution >= 4 is 11.6 Å². The van der Waals surface area contributed by atoms with Gasteiger partial charge in [0, 0.05) is 40.3 Å². The monoisotopic (exact) mass is 416 g/mol. The van der Waals surface area contributed by atoms with Crippen molar-refractivity contribution in [2.24, 2.45) is 0 Å². The Kier molecular flexibility index (Phi) is 6.28. The maximum atomic E-state index is 12.7. The highest BCUT2D eigenvalue weighted by atomic mass is 16.5. The molecule has 2 heterocycles. The lowest BCUT2D eigenvalue weighted by atomic mass is 10.0. The Morgan fingerprint density at radius 1 is 1.06 bits per heavy atom. The number of hydrogen-bond acceptors (Lipinski definition) is 5. The summed E-state index contributed by atoms with van der Waals surface area (Å²) in [4.78, 5) is 23.9. The van der Waals surface area contributed by atoms with Crippen molar-refractivity contribution < 1.29 is 9.53 Å². The van der Waals surface area contributed by atoms with Crippen molar-refractivity contribution in [1.29, 1.82) is 0 Å². The summed E-state index contributed by atoms with van der Waals surface area (Å²) in [5.41, 5.74) is 5.97. The number of nitrogens with zero attached hydrogens (tertiary/aromatic N) is 3. The molecular formula is C25H28N4O2. The number of aromatic nitrogens is 2. The number of nitrogens with one attached hydrogen (secondary N) is 1. The second-order valence-corrected chi connectivity index (χ2v) is 8.00. The van der Waals surface area contributed by atoms with Gasteiger partial charge in [-0.15, -0.1) is 0 Å². The molecule has 1 N–H and O–H groups in total. The minimum Gasteiger partial charge on any atom is -0.492 e. The van der Waals surface area contributed by atoms with Gasteiger partial charge in [0.1, 0.15) is 18.7 Å². The van der Waals surface area contributed by atoms with Gasteiger partial charge in [0.2, 0.25) is 0 Å². The minimum atomic E-state index is -0.140. The molecule has 1 aromatic heterocycles. The van der Waals surface area contributed by atoms with Gasteiger partial charge in [-0.3, -0.25) is 9.69 Å². The Balaban J connectivity index is 1.62. The first-order valence-electron chi connectivity index (χ1n) is 10.7. The van der Waals surface area contributed by atoms with Crippen molar-refractivity contribution in [2.75, 3.05) is 31.6 Å². The fourth-order valence-electron chi connectivity index (χ4n) is 3.79. The van der Waals surface area contributed by atoms with Crippen LogP contribution in [0.4, 0.5) is 5.69 Å². The number of rotatable bonds is 7. The van der Waals surface area contributed by atoms with E-state index in [2.05, 4.69) is 20.2 Å². The van der Waals surface area contributed by atoms with E-state index in [9.17, 15) is 4.79 Å². The topological polar surface area (TPSA) is 67.3 Å². The van der Waals surface area contributed by atoms with Gasteiger partial charge in [-0.1, -0.05) is 17.7 Å². The SMILES string of the molecule is Cc1cccc(C(=O)Nc2ccc(OCCN3CCC3)c(-c3c(C)ncnc3C)c2)c1. The van der Waals surface area contributed by atoms with Gasteiger partial charge in [0.25, 0.3) is 5.91 Å². The van der Waals surface area contributed by atoms with E-state index in [0.29, 0.717) is 17.9 Å². The van der Waals surface area contributed by atoms with Gasteiger partial charge in [0.15, 0.2) is 0 Å². The number of hydrogen-bond donors (Lipinski definition) is 1. The van der Waals surface area contributed by atoms with Gasteiger partial charge in [0.05, 0.1) is 0 Å². The van der Waals surface area contributed by atoms with Crippen LogP contribution in [0.5, 0.6) is 5.75 Å². The molecule has 6 heteroatoms. The molecule has 160 valence electrons. The van der Waals surface area contributed by atoms with E-state index < -0.39 is 0 Å². The number of benzene rings is 2. The van der Waals surface area contributed by atoms with Crippen LogP contribution in [-0.4, -0.2) is 47.0 Å². The summed E-state index contributed by atoms with van der Waals surface area (Å²) in [6, 6.07) is 13.3. The van der Waals surface area contributed by atoms with Crippen LogP contribution in [0, 0.1) is 20.8 Å². The Hall–Kier alpha value is -3.25. The number of ether oxygens (including phenoxy) is 1. The summed E-state index contributed by atoms with van der Waals surface area (Å²) < 4.78 is 6.16. The number of amides is 1. The molecule has 0 saturated carbocycles. The third-order valence-corrected chi connectivity index (χ3v) is 5.63. The average Bonchev–Trinajstić information content (AvgIpc) is 2.71. The molecule has 3 aromatic rings. The lowest BCUT2D eigenvalue weighted by Gasteiger charge is -2.30. The Labute approximate surface area is 183 Å². The second-order valence-electron chi connectivity index (χ2n) is 8.00. The molecule has 0 bridgehead atoms. The molecule has 0 aliphatic carbocycles. The molecular weight excluding hydrogens is 388 g/mol. The van der Waals surface area contributed by atoms with Crippen LogP contribution < -0.4 is 10.1 Å². The number of aryl methyl sites for hydroxylation is 3. The highest BCUT2D eigenvalue weighted by Gasteiger charge is 2.17. The highest BCUT2D eigenvalue weighted by molar-refractivity contribution is 6.04. The van der Waals surface area contributed by atoms with E-state index in [1.807, 2.05) is 63.2 Å². The van der Waals surface area contributed by atoms with Crippen LogP contribution in [-0.2, 0) is 0 Å². The summed E-state index contributed by atoms with van der Waals surface area (Å²) in [5, 5.41) is 3.01. The molecule has 0 unspecified atom stereocenters. The molecule has 0 radical (unpaired) electrons.